The first-order valence-corrected chi connectivity index (χ1v) is 8.21. The monoisotopic (exact) mass is 347 g/mol. The topological polar surface area (TPSA) is 99.3 Å². The largest absolute Gasteiger partial charge is 0.351 e. The van der Waals surface area contributed by atoms with E-state index in [1.807, 2.05) is 13.0 Å². The summed E-state index contributed by atoms with van der Waals surface area (Å²) in [6, 6.07) is 14.0. The molecule has 3 aromatic rings. The van der Waals surface area contributed by atoms with Crippen LogP contribution in [0.3, 0.4) is 0 Å². The zero-order chi connectivity index (χ0) is 18.5. The van der Waals surface area contributed by atoms with Crippen LogP contribution in [0.2, 0.25) is 0 Å². The third kappa shape index (κ3) is 3.26. The highest BCUT2D eigenvalue weighted by Crippen LogP contribution is 2.17. The van der Waals surface area contributed by atoms with Crippen molar-refractivity contribution in [3.63, 3.8) is 0 Å². The number of hydrogen-bond acceptors (Lipinski definition) is 4. The molecule has 2 heterocycles. The van der Waals surface area contributed by atoms with Gasteiger partial charge in [0.1, 0.15) is 6.07 Å². The minimum Gasteiger partial charge on any atom is -0.351 e. The predicted molar refractivity (Wildman–Crippen MR) is 96.9 cm³/mol. The van der Waals surface area contributed by atoms with E-state index in [1.165, 1.54) is 0 Å². The Morgan fingerprint density at radius 2 is 1.92 bits per heavy atom. The van der Waals surface area contributed by atoms with Gasteiger partial charge >= 0.3 is 0 Å². The molecule has 0 unspecified atom stereocenters. The number of carbonyl (C=O) groups is 2. The molecule has 0 aliphatic heterocycles. The highest BCUT2D eigenvalue weighted by molar-refractivity contribution is 6.06. The van der Waals surface area contributed by atoms with Crippen molar-refractivity contribution in [3.8, 4) is 6.07 Å². The van der Waals surface area contributed by atoms with Gasteiger partial charge in [-0.2, -0.15) is 5.26 Å². The lowest BCUT2D eigenvalue weighted by atomic mass is 10.2. The third-order valence-corrected chi connectivity index (χ3v) is 3.80. The van der Waals surface area contributed by atoms with E-state index in [9.17, 15) is 9.59 Å². The fourth-order valence-electron chi connectivity index (χ4n) is 2.56. The molecule has 0 fully saturated rings. The molecule has 7 nitrogen and oxygen atoms in total. The van der Waals surface area contributed by atoms with Crippen molar-refractivity contribution in [2.24, 2.45) is 0 Å². The highest BCUT2D eigenvalue weighted by Gasteiger charge is 2.21. The quantitative estimate of drug-likeness (QED) is 0.741. The average Bonchev–Trinajstić information content (AvgIpc) is 3.06. The molecule has 0 radical (unpaired) electrons. The van der Waals surface area contributed by atoms with Crippen LogP contribution in [0, 0.1) is 11.3 Å². The summed E-state index contributed by atoms with van der Waals surface area (Å²) < 4.78 is 1.56. The maximum Gasteiger partial charge on any atom is 0.292 e. The van der Waals surface area contributed by atoms with Crippen LogP contribution in [-0.4, -0.2) is 27.7 Å². The van der Waals surface area contributed by atoms with E-state index in [0.717, 1.165) is 6.42 Å². The summed E-state index contributed by atoms with van der Waals surface area (Å²) >= 11 is 0. The molecule has 26 heavy (non-hydrogen) atoms. The molecule has 3 rings (SSSR count). The first-order valence-electron chi connectivity index (χ1n) is 8.21. The molecule has 0 bridgehead atoms. The molecule has 0 aliphatic carbocycles. The zero-order valence-corrected chi connectivity index (χ0v) is 14.2. The number of nitrogens with one attached hydrogen (secondary N) is 2. The lowest BCUT2D eigenvalue weighted by Gasteiger charge is -2.05. The number of rotatable bonds is 5. The number of fused-ring (bicyclic) bond motifs is 1. The molecule has 0 saturated carbocycles. The summed E-state index contributed by atoms with van der Waals surface area (Å²) in [7, 11) is 0. The van der Waals surface area contributed by atoms with Crippen molar-refractivity contribution < 1.29 is 9.59 Å². The molecule has 0 aliphatic rings. The lowest BCUT2D eigenvalue weighted by molar-refractivity contribution is 0.0951. The summed E-state index contributed by atoms with van der Waals surface area (Å²) in [6.07, 6.45) is 2.47. The Labute approximate surface area is 150 Å². The van der Waals surface area contributed by atoms with E-state index in [-0.39, 0.29) is 17.4 Å². The van der Waals surface area contributed by atoms with Crippen molar-refractivity contribution in [2.75, 3.05) is 11.9 Å². The van der Waals surface area contributed by atoms with Crippen molar-refractivity contribution in [2.45, 2.75) is 13.3 Å². The first kappa shape index (κ1) is 17.2. The Balaban J connectivity index is 1.98. The first-order chi connectivity index (χ1) is 12.7. The molecule has 0 spiro atoms. The summed E-state index contributed by atoms with van der Waals surface area (Å²) in [5.41, 5.74) is 1.48. The van der Waals surface area contributed by atoms with Crippen molar-refractivity contribution in [3.05, 3.63) is 65.7 Å². The number of anilines is 1. The number of pyridine rings is 1. The number of imidazole rings is 1. The van der Waals surface area contributed by atoms with Gasteiger partial charge in [-0.05, 0) is 30.7 Å². The predicted octanol–water partition coefficient (Wildman–Crippen LogP) is 2.60. The second-order valence-corrected chi connectivity index (χ2v) is 5.61. The van der Waals surface area contributed by atoms with Gasteiger partial charge in [-0.1, -0.05) is 25.1 Å². The van der Waals surface area contributed by atoms with Gasteiger partial charge in [0.15, 0.2) is 5.69 Å². The van der Waals surface area contributed by atoms with Crippen molar-refractivity contribution in [1.29, 1.82) is 5.26 Å². The second kappa shape index (κ2) is 7.49. The number of nitrogens with zero attached hydrogens (tertiary/aromatic N) is 3. The number of hydrogen-bond donors (Lipinski definition) is 2. The standard InChI is InChI=1S/C19H17N5O2/c1-2-10-21-18(25)16-15-9-5-6-11-24(15)17(23-16)19(26)22-14-8-4-3-7-13(14)12-20/h3-9,11H,2,10H2,1H3,(H,21,25)(H,22,26). The summed E-state index contributed by atoms with van der Waals surface area (Å²) in [5, 5.41) is 14.6. The van der Waals surface area contributed by atoms with E-state index in [4.69, 9.17) is 5.26 Å². The van der Waals surface area contributed by atoms with Gasteiger partial charge in [0.25, 0.3) is 11.8 Å². The van der Waals surface area contributed by atoms with E-state index in [2.05, 4.69) is 15.6 Å². The Morgan fingerprint density at radius 3 is 2.69 bits per heavy atom. The third-order valence-electron chi connectivity index (χ3n) is 3.80. The normalized spacial score (nSPS) is 10.3. The lowest BCUT2D eigenvalue weighted by Crippen LogP contribution is -2.24. The van der Waals surface area contributed by atoms with E-state index in [1.54, 1.807) is 53.1 Å². The molecular weight excluding hydrogens is 330 g/mol. The molecule has 2 amide bonds. The molecule has 7 heteroatoms. The van der Waals surface area contributed by atoms with Gasteiger partial charge in [0.2, 0.25) is 5.82 Å². The Hall–Kier alpha value is -3.66. The number of carbonyl (C=O) groups excluding carboxylic acids is 2. The second-order valence-electron chi connectivity index (χ2n) is 5.61. The minimum absolute atomic E-state index is 0.0787. The molecular formula is C19H17N5O2. The van der Waals surface area contributed by atoms with Gasteiger partial charge in [0, 0.05) is 12.7 Å². The number of benzene rings is 1. The molecule has 0 atom stereocenters. The van der Waals surface area contributed by atoms with Crippen LogP contribution in [0.4, 0.5) is 5.69 Å². The molecule has 1 aromatic carbocycles. The van der Waals surface area contributed by atoms with Gasteiger partial charge in [-0.15, -0.1) is 0 Å². The van der Waals surface area contributed by atoms with E-state index >= 15 is 0 Å². The molecule has 2 aromatic heterocycles. The van der Waals surface area contributed by atoms with Crippen LogP contribution < -0.4 is 10.6 Å². The number of aromatic nitrogens is 2. The summed E-state index contributed by atoms with van der Waals surface area (Å²) in [4.78, 5) is 29.3. The van der Waals surface area contributed by atoms with E-state index < -0.39 is 5.91 Å². The van der Waals surface area contributed by atoms with Crippen LogP contribution in [-0.2, 0) is 0 Å². The van der Waals surface area contributed by atoms with Crippen LogP contribution in [0.25, 0.3) is 5.52 Å². The molecule has 130 valence electrons. The van der Waals surface area contributed by atoms with Crippen LogP contribution in [0.5, 0.6) is 0 Å². The highest BCUT2D eigenvalue weighted by atomic mass is 16.2. The fourth-order valence-corrected chi connectivity index (χ4v) is 2.56. The molecule has 2 N–H and O–H groups in total. The Bertz CT molecular complexity index is 1020. The fraction of sp³-hybridized carbons (Fsp3) is 0.158. The van der Waals surface area contributed by atoms with Crippen LogP contribution >= 0.6 is 0 Å². The maximum absolute atomic E-state index is 12.7. The van der Waals surface area contributed by atoms with Gasteiger partial charge in [-0.3, -0.25) is 14.0 Å². The van der Waals surface area contributed by atoms with E-state index in [0.29, 0.717) is 23.3 Å². The average molecular weight is 347 g/mol. The summed E-state index contributed by atoms with van der Waals surface area (Å²) in [6.45, 7) is 2.48. The van der Waals surface area contributed by atoms with Gasteiger partial charge in [0.05, 0.1) is 16.8 Å². The molecule has 0 saturated heterocycles. The van der Waals surface area contributed by atoms with Gasteiger partial charge in [-0.25, -0.2) is 4.98 Å². The Kier molecular flexibility index (Phi) is 4.94. The maximum atomic E-state index is 12.7. The SMILES string of the molecule is CCCNC(=O)c1nc(C(=O)Nc2ccccc2C#N)n2ccccc12. The van der Waals surface area contributed by atoms with Crippen LogP contribution in [0.15, 0.2) is 48.7 Å². The summed E-state index contributed by atoms with van der Waals surface area (Å²) in [5.74, 6) is -0.745. The number of amides is 2. The van der Waals surface area contributed by atoms with Crippen molar-refractivity contribution >= 4 is 23.0 Å². The number of nitriles is 1. The van der Waals surface area contributed by atoms with Crippen LogP contribution in [0.1, 0.15) is 40.0 Å². The van der Waals surface area contributed by atoms with Crippen molar-refractivity contribution in [1.82, 2.24) is 14.7 Å². The minimum atomic E-state index is -0.497. The number of para-hydroxylation sites is 1. The van der Waals surface area contributed by atoms with Gasteiger partial charge < -0.3 is 10.6 Å². The zero-order valence-electron chi connectivity index (χ0n) is 14.2. The Morgan fingerprint density at radius 1 is 1.15 bits per heavy atom. The smallest absolute Gasteiger partial charge is 0.292 e.